The fourth-order valence-electron chi connectivity index (χ4n) is 1.63. The summed E-state index contributed by atoms with van der Waals surface area (Å²) >= 11 is 0. The molecule has 2 aromatic rings. The monoisotopic (exact) mass is 248 g/mol. The first-order valence-corrected chi connectivity index (χ1v) is 5.27. The first kappa shape index (κ1) is 12.2. The quantitative estimate of drug-likeness (QED) is 0.780. The van der Waals surface area contributed by atoms with Gasteiger partial charge in [-0.2, -0.15) is 0 Å². The number of hydrogen-bond acceptors (Lipinski definition) is 2. The van der Waals surface area contributed by atoms with Crippen molar-refractivity contribution < 1.29 is 18.3 Å². The smallest absolute Gasteiger partial charge is 0.199 e. The Morgan fingerprint density at radius 2 is 1.72 bits per heavy atom. The predicted octanol–water partition coefficient (Wildman–Crippen LogP) is 3.20. The minimum absolute atomic E-state index is 0.157. The molecule has 0 saturated heterocycles. The average molecular weight is 248 g/mol. The Hall–Kier alpha value is -2.23. The summed E-state index contributed by atoms with van der Waals surface area (Å²) in [6.07, 6.45) is 0. The van der Waals surface area contributed by atoms with Crippen molar-refractivity contribution in [2.45, 2.75) is 0 Å². The van der Waals surface area contributed by atoms with E-state index in [4.69, 9.17) is 4.74 Å². The van der Waals surface area contributed by atoms with Gasteiger partial charge in [0.1, 0.15) is 5.82 Å². The number of methoxy groups -OCH3 is 1. The highest BCUT2D eigenvalue weighted by atomic mass is 19.1. The molecule has 0 bridgehead atoms. The topological polar surface area (TPSA) is 26.3 Å². The summed E-state index contributed by atoms with van der Waals surface area (Å²) in [4.78, 5) is 12.0. The highest BCUT2D eigenvalue weighted by molar-refractivity contribution is 6.09. The Kier molecular flexibility index (Phi) is 3.37. The molecule has 0 radical (unpaired) electrons. The zero-order valence-corrected chi connectivity index (χ0v) is 9.61. The van der Waals surface area contributed by atoms with Crippen molar-refractivity contribution in [3.05, 3.63) is 65.2 Å². The molecular formula is C14H10F2O2. The van der Waals surface area contributed by atoms with E-state index in [-0.39, 0.29) is 11.3 Å². The Bertz CT molecular complexity index is 580. The van der Waals surface area contributed by atoms with Gasteiger partial charge in [-0.05, 0) is 12.1 Å². The minimum atomic E-state index is -0.980. The Morgan fingerprint density at radius 1 is 1.06 bits per heavy atom. The van der Waals surface area contributed by atoms with Crippen LogP contribution in [-0.2, 0) is 0 Å². The van der Waals surface area contributed by atoms with Crippen molar-refractivity contribution in [1.29, 1.82) is 0 Å². The van der Waals surface area contributed by atoms with Crippen molar-refractivity contribution in [2.75, 3.05) is 7.11 Å². The van der Waals surface area contributed by atoms with Gasteiger partial charge in [-0.15, -0.1) is 0 Å². The third-order valence-electron chi connectivity index (χ3n) is 2.54. The van der Waals surface area contributed by atoms with E-state index in [1.165, 1.54) is 19.2 Å². The van der Waals surface area contributed by atoms with Gasteiger partial charge in [0.2, 0.25) is 0 Å². The molecule has 0 aromatic heterocycles. The lowest BCUT2D eigenvalue weighted by Gasteiger charge is -2.08. The molecule has 4 heteroatoms. The van der Waals surface area contributed by atoms with Crippen LogP contribution in [-0.4, -0.2) is 12.9 Å². The molecule has 0 amide bonds. The van der Waals surface area contributed by atoms with Crippen LogP contribution in [0.4, 0.5) is 8.78 Å². The van der Waals surface area contributed by atoms with Gasteiger partial charge in [0.15, 0.2) is 17.3 Å². The molecule has 0 aliphatic carbocycles. The number of halogens is 2. The van der Waals surface area contributed by atoms with Crippen LogP contribution in [0.1, 0.15) is 15.9 Å². The second-order valence-corrected chi connectivity index (χ2v) is 3.63. The third kappa shape index (κ3) is 2.09. The van der Waals surface area contributed by atoms with E-state index in [0.29, 0.717) is 0 Å². The Labute approximate surface area is 103 Å². The SMILES string of the molecule is COc1ccc(F)c(C(=O)c2ccccc2)c1F. The molecular weight excluding hydrogens is 238 g/mol. The summed E-state index contributed by atoms with van der Waals surface area (Å²) in [7, 11) is 1.26. The summed E-state index contributed by atoms with van der Waals surface area (Å²) in [5.74, 6) is -2.74. The highest BCUT2D eigenvalue weighted by Crippen LogP contribution is 2.25. The number of ether oxygens (including phenoxy) is 1. The van der Waals surface area contributed by atoms with Crippen molar-refractivity contribution in [3.63, 3.8) is 0 Å². The normalized spacial score (nSPS) is 10.2. The van der Waals surface area contributed by atoms with Crippen molar-refractivity contribution in [2.24, 2.45) is 0 Å². The molecule has 0 fully saturated rings. The minimum Gasteiger partial charge on any atom is -0.494 e. The van der Waals surface area contributed by atoms with Crippen molar-refractivity contribution in [3.8, 4) is 5.75 Å². The van der Waals surface area contributed by atoms with E-state index in [2.05, 4.69) is 0 Å². The summed E-state index contributed by atoms with van der Waals surface area (Å²) in [5.41, 5.74) is -0.371. The van der Waals surface area contributed by atoms with Gasteiger partial charge in [-0.25, -0.2) is 8.78 Å². The maximum atomic E-state index is 13.9. The second-order valence-electron chi connectivity index (χ2n) is 3.63. The van der Waals surface area contributed by atoms with E-state index in [1.807, 2.05) is 0 Å². The maximum Gasteiger partial charge on any atom is 0.199 e. The molecule has 0 atom stereocenters. The molecule has 0 N–H and O–H groups in total. The third-order valence-corrected chi connectivity index (χ3v) is 2.54. The van der Waals surface area contributed by atoms with Crippen LogP contribution >= 0.6 is 0 Å². The molecule has 2 aromatic carbocycles. The summed E-state index contributed by atoms with van der Waals surface area (Å²) in [6.45, 7) is 0. The fourth-order valence-corrected chi connectivity index (χ4v) is 1.63. The largest absolute Gasteiger partial charge is 0.494 e. The van der Waals surface area contributed by atoms with Crippen molar-refractivity contribution >= 4 is 5.78 Å². The van der Waals surface area contributed by atoms with Gasteiger partial charge in [-0.1, -0.05) is 30.3 Å². The number of carbonyl (C=O) groups is 1. The molecule has 0 heterocycles. The van der Waals surface area contributed by atoms with E-state index in [1.54, 1.807) is 18.2 Å². The van der Waals surface area contributed by atoms with Gasteiger partial charge in [0.05, 0.1) is 12.7 Å². The Balaban J connectivity index is 2.55. The van der Waals surface area contributed by atoms with Crippen LogP contribution in [0.2, 0.25) is 0 Å². The first-order valence-electron chi connectivity index (χ1n) is 5.27. The van der Waals surface area contributed by atoms with Crippen LogP contribution < -0.4 is 4.74 Å². The van der Waals surface area contributed by atoms with Gasteiger partial charge in [-0.3, -0.25) is 4.79 Å². The number of rotatable bonds is 3. The van der Waals surface area contributed by atoms with Crippen LogP contribution in [0, 0.1) is 11.6 Å². The predicted molar refractivity (Wildman–Crippen MR) is 62.8 cm³/mol. The molecule has 0 unspecified atom stereocenters. The molecule has 2 rings (SSSR count). The number of benzene rings is 2. The van der Waals surface area contributed by atoms with E-state index in [9.17, 15) is 13.6 Å². The second kappa shape index (κ2) is 4.96. The van der Waals surface area contributed by atoms with Crippen LogP contribution in [0.3, 0.4) is 0 Å². The molecule has 0 aliphatic heterocycles. The molecule has 92 valence electrons. The maximum absolute atomic E-state index is 13.9. The summed E-state index contributed by atoms with van der Waals surface area (Å²) in [5, 5.41) is 0. The van der Waals surface area contributed by atoms with Crippen LogP contribution in [0.5, 0.6) is 5.75 Å². The molecule has 2 nitrogen and oxygen atoms in total. The van der Waals surface area contributed by atoms with Crippen molar-refractivity contribution in [1.82, 2.24) is 0 Å². The summed E-state index contributed by atoms with van der Waals surface area (Å²) < 4.78 is 32.2. The highest BCUT2D eigenvalue weighted by Gasteiger charge is 2.21. The van der Waals surface area contributed by atoms with Gasteiger partial charge in [0, 0.05) is 5.56 Å². The van der Waals surface area contributed by atoms with E-state index < -0.39 is 23.0 Å². The molecule has 0 aliphatic rings. The fraction of sp³-hybridized carbons (Fsp3) is 0.0714. The van der Waals surface area contributed by atoms with E-state index >= 15 is 0 Å². The lowest BCUT2D eigenvalue weighted by molar-refractivity contribution is 0.103. The van der Waals surface area contributed by atoms with E-state index in [0.717, 1.165) is 12.1 Å². The van der Waals surface area contributed by atoms with Gasteiger partial charge >= 0.3 is 0 Å². The van der Waals surface area contributed by atoms with Crippen LogP contribution in [0.25, 0.3) is 0 Å². The zero-order valence-electron chi connectivity index (χ0n) is 9.61. The summed E-state index contributed by atoms with van der Waals surface area (Å²) in [6, 6.07) is 10.1. The number of hydrogen-bond donors (Lipinski definition) is 0. The molecule has 0 saturated carbocycles. The van der Waals surface area contributed by atoms with Gasteiger partial charge < -0.3 is 4.74 Å². The zero-order chi connectivity index (χ0) is 13.1. The molecule has 0 spiro atoms. The standard InChI is InChI=1S/C14H10F2O2/c1-18-11-8-7-10(15)12(13(11)16)14(17)9-5-3-2-4-6-9/h2-8H,1H3. The van der Waals surface area contributed by atoms with Gasteiger partial charge in [0.25, 0.3) is 0 Å². The van der Waals surface area contributed by atoms with Crippen LogP contribution in [0.15, 0.2) is 42.5 Å². The molecule has 18 heavy (non-hydrogen) atoms. The number of ketones is 1. The number of carbonyl (C=O) groups excluding carboxylic acids is 1. The lowest BCUT2D eigenvalue weighted by atomic mass is 10.0. The lowest BCUT2D eigenvalue weighted by Crippen LogP contribution is -2.08. The average Bonchev–Trinajstić information content (AvgIpc) is 2.40. The Morgan fingerprint density at radius 3 is 2.33 bits per heavy atom. The first-order chi connectivity index (χ1) is 8.65.